The zero-order valence-electron chi connectivity index (χ0n) is 9.76. The summed E-state index contributed by atoms with van der Waals surface area (Å²) in [7, 11) is 0. The maximum atomic E-state index is 5.47. The average Bonchev–Trinajstić information content (AvgIpc) is 2.14. The molecule has 0 aromatic rings. The molecule has 1 saturated heterocycles. The fraction of sp³-hybridized carbons (Fsp3) is 1.00. The molecule has 0 N–H and O–H groups in total. The van der Waals surface area contributed by atoms with E-state index in [0.717, 1.165) is 11.5 Å². The van der Waals surface area contributed by atoms with Gasteiger partial charge in [0.05, 0.1) is 16.9 Å². The zero-order valence-corrected chi connectivity index (χ0v) is 16.5. The van der Waals surface area contributed by atoms with E-state index in [-0.39, 0.29) is 35.6 Å². The van der Waals surface area contributed by atoms with Gasteiger partial charge in [-0.2, -0.15) is 11.5 Å². The van der Waals surface area contributed by atoms with Gasteiger partial charge >= 0.3 is 24.4 Å². The van der Waals surface area contributed by atoms with Gasteiger partial charge in [0.2, 0.25) is 0 Å². The average molecular weight is 425 g/mol. The molecule has 0 atom stereocenters. The van der Waals surface area contributed by atoms with Crippen LogP contribution in [-0.2, 0) is 58.4 Å². The first-order valence-corrected chi connectivity index (χ1v) is 9.27. The largest absolute Gasteiger partial charge is 3.00 e. The normalized spacial score (nSPS) is 23.9. The number of hydrogen-bond acceptors (Lipinski definition) is 6. The fourth-order valence-electron chi connectivity index (χ4n) is 0.797. The van der Waals surface area contributed by atoms with Crippen LogP contribution in [0.4, 0.5) is 0 Å². The van der Waals surface area contributed by atoms with Gasteiger partial charge in [0.15, 0.2) is 0 Å². The summed E-state index contributed by atoms with van der Waals surface area (Å²) in [6.45, 7) is 7.81. The van der Waals surface area contributed by atoms with Crippen molar-refractivity contribution in [2.45, 2.75) is 38.9 Å². The van der Waals surface area contributed by atoms with Crippen molar-refractivity contribution in [3.05, 3.63) is 0 Å². The smallest absolute Gasteiger partial charge is 0.794 e. The first kappa shape index (κ1) is 20.7. The first-order valence-electron chi connectivity index (χ1n) is 4.47. The van der Waals surface area contributed by atoms with Crippen molar-refractivity contribution in [1.29, 1.82) is 0 Å². The van der Waals surface area contributed by atoms with Crippen molar-refractivity contribution in [2.24, 2.45) is 0 Å². The molecule has 0 aromatic heterocycles. The predicted octanol–water partition coefficient (Wildman–Crippen LogP) is 2.06. The molecule has 1 fully saturated rings. The second kappa shape index (κ2) is 7.89. The molecule has 2 nitrogen and oxygen atoms in total. The van der Waals surface area contributed by atoms with E-state index in [0.29, 0.717) is 0 Å². The molecule has 8 heteroatoms. The third-order valence-corrected chi connectivity index (χ3v) is 5.13. The molecule has 2 radical (unpaired) electrons. The molecule has 0 bridgehead atoms. The van der Waals surface area contributed by atoms with Crippen molar-refractivity contribution in [1.82, 2.24) is 0 Å². The number of rotatable bonds is 1. The molecular formula is C8H16O2PS4Sb. The molecular weight excluding hydrogens is 409 g/mol. The summed E-state index contributed by atoms with van der Waals surface area (Å²) in [4.78, 5) is 0. The Morgan fingerprint density at radius 1 is 1.00 bits per heavy atom. The van der Waals surface area contributed by atoms with E-state index >= 15 is 0 Å². The van der Waals surface area contributed by atoms with Gasteiger partial charge < -0.3 is 46.6 Å². The fourth-order valence-corrected chi connectivity index (χ4v) is 4.63. The van der Waals surface area contributed by atoms with Crippen molar-refractivity contribution in [2.75, 3.05) is 11.5 Å². The Labute approximate surface area is 138 Å². The van der Waals surface area contributed by atoms with Crippen LogP contribution in [-0.4, -0.2) is 47.1 Å². The SMILES string of the molecule is CC1(C)OP(=S)([S-])OC1(C)C.[S-]CC[S-].[Sb+3]. The van der Waals surface area contributed by atoms with Crippen LogP contribution in [0.1, 0.15) is 27.7 Å². The van der Waals surface area contributed by atoms with Gasteiger partial charge in [-0.25, -0.2) is 0 Å². The van der Waals surface area contributed by atoms with Gasteiger partial charge in [0, 0.05) is 0 Å². The Bertz CT molecular complexity index is 238. The molecule has 16 heavy (non-hydrogen) atoms. The van der Waals surface area contributed by atoms with E-state index < -0.39 is 5.69 Å². The summed E-state index contributed by atoms with van der Waals surface area (Å²) in [5.74, 6) is 1.44. The Hall–Kier alpha value is 2.44. The van der Waals surface area contributed by atoms with E-state index in [1.54, 1.807) is 0 Å². The van der Waals surface area contributed by atoms with Crippen LogP contribution >= 0.6 is 5.69 Å². The van der Waals surface area contributed by atoms with Crippen LogP contribution in [0.5, 0.6) is 0 Å². The molecule has 1 aliphatic rings. The number of hydrogen-bond donors (Lipinski definition) is 0. The summed E-state index contributed by atoms with van der Waals surface area (Å²) in [5.41, 5.74) is -3.08. The van der Waals surface area contributed by atoms with Gasteiger partial charge in [-0.15, -0.1) is 0 Å². The molecule has 1 aliphatic heterocycles. The van der Waals surface area contributed by atoms with Gasteiger partial charge in [-0.1, -0.05) is 11.8 Å². The summed E-state index contributed by atoms with van der Waals surface area (Å²) in [6.07, 6.45) is 0. The Balaban J connectivity index is 0. The summed E-state index contributed by atoms with van der Waals surface area (Å²) in [6, 6.07) is 0. The van der Waals surface area contributed by atoms with Gasteiger partial charge in [0.1, 0.15) is 0 Å². The first-order chi connectivity index (χ1) is 6.58. The maximum absolute atomic E-state index is 5.47. The minimum atomic E-state index is -2.37. The zero-order chi connectivity index (χ0) is 12.3. The van der Waals surface area contributed by atoms with E-state index in [1.165, 1.54) is 0 Å². The van der Waals surface area contributed by atoms with E-state index in [9.17, 15) is 0 Å². The molecule has 1 heterocycles. The Morgan fingerprint density at radius 2 is 1.25 bits per heavy atom. The molecule has 0 unspecified atom stereocenters. The topological polar surface area (TPSA) is 18.5 Å². The molecule has 0 amide bonds. The standard InChI is InChI=1S/C6H13O2PS2.C2H6S2.Sb/c1-5(2)6(3,4)8-9(10,11)7-5;3-1-2-4;/h1-4H3,(H,10,11);3-4H,1-2H2;/q;;+3/p-3. The van der Waals surface area contributed by atoms with Gasteiger partial charge in [-0.05, 0) is 27.7 Å². The van der Waals surface area contributed by atoms with Crippen molar-refractivity contribution in [3.8, 4) is 0 Å². The van der Waals surface area contributed by atoms with Crippen LogP contribution in [0.2, 0.25) is 0 Å². The van der Waals surface area contributed by atoms with Crippen LogP contribution in [0.3, 0.4) is 0 Å². The minimum absolute atomic E-state index is 0. The molecule has 1 rings (SSSR count). The van der Waals surface area contributed by atoms with E-state index in [1.807, 2.05) is 27.7 Å². The summed E-state index contributed by atoms with van der Waals surface area (Å²) >= 11 is 18.9. The molecule has 0 saturated carbocycles. The van der Waals surface area contributed by atoms with Gasteiger partial charge in [0.25, 0.3) is 0 Å². The van der Waals surface area contributed by atoms with Crippen LogP contribution < -0.4 is 0 Å². The van der Waals surface area contributed by atoms with Crippen molar-refractivity contribution < 1.29 is 9.05 Å². The van der Waals surface area contributed by atoms with Crippen LogP contribution in [0.15, 0.2) is 0 Å². The second-order valence-electron chi connectivity index (χ2n) is 4.06. The van der Waals surface area contributed by atoms with Crippen molar-refractivity contribution >= 4 is 79.4 Å². The Morgan fingerprint density at radius 3 is 1.31 bits per heavy atom. The third kappa shape index (κ3) is 6.56. The molecule has 0 spiro atoms. The van der Waals surface area contributed by atoms with Gasteiger partial charge in [-0.3, -0.25) is 0 Å². The Kier molecular flexibility index (Phi) is 10.2. The minimum Gasteiger partial charge on any atom is -0.794 e. The van der Waals surface area contributed by atoms with Crippen molar-refractivity contribution in [3.63, 3.8) is 0 Å². The quantitative estimate of drug-likeness (QED) is 0.361. The van der Waals surface area contributed by atoms with E-state index in [4.69, 9.17) is 33.1 Å². The predicted molar refractivity (Wildman–Crippen MR) is 82.2 cm³/mol. The second-order valence-corrected chi connectivity index (χ2v) is 9.71. The third-order valence-electron chi connectivity index (χ3n) is 2.21. The summed E-state index contributed by atoms with van der Waals surface area (Å²) in [5, 5.41) is 0. The molecule has 0 aromatic carbocycles. The molecule has 0 aliphatic carbocycles. The molecule has 94 valence electrons. The van der Waals surface area contributed by atoms with Crippen LogP contribution in [0.25, 0.3) is 0 Å². The summed E-state index contributed by atoms with van der Waals surface area (Å²) < 4.78 is 10.9. The monoisotopic (exact) mass is 424 g/mol. The van der Waals surface area contributed by atoms with E-state index in [2.05, 4.69) is 25.3 Å². The van der Waals surface area contributed by atoms with Crippen LogP contribution in [0, 0.1) is 0 Å². The maximum Gasteiger partial charge on any atom is 3.00 e.